The third kappa shape index (κ3) is 2.90. The van der Waals surface area contributed by atoms with Crippen molar-refractivity contribution >= 4 is 19.0 Å². The standard InChI is InChI=1S/C9H10BO3/c1-2-13-9(12)8(11)6-7-4-3-5-10-7/h3-5H,2,6H2,1H3. The van der Waals surface area contributed by atoms with Crippen molar-refractivity contribution in [2.75, 3.05) is 6.61 Å². The quantitative estimate of drug-likeness (QED) is 0.359. The molecule has 0 unspecified atom stereocenters. The van der Waals surface area contributed by atoms with E-state index in [9.17, 15) is 9.59 Å². The molecule has 0 spiro atoms. The van der Waals surface area contributed by atoms with E-state index in [1.54, 1.807) is 20.3 Å². The Bertz CT molecular complexity index is 279. The fourth-order valence-electron chi connectivity index (χ4n) is 1.00. The first-order chi connectivity index (χ1) is 6.24. The average molecular weight is 177 g/mol. The summed E-state index contributed by atoms with van der Waals surface area (Å²) in [5, 5.41) is 0. The van der Waals surface area contributed by atoms with Gasteiger partial charge in [0, 0.05) is 6.42 Å². The summed E-state index contributed by atoms with van der Waals surface area (Å²) in [6.07, 6.45) is 3.76. The van der Waals surface area contributed by atoms with Crippen LogP contribution in [0, 0.1) is 0 Å². The Morgan fingerprint density at radius 3 is 2.85 bits per heavy atom. The predicted octanol–water partition coefficient (Wildman–Crippen LogP) is 0.624. The highest BCUT2D eigenvalue weighted by Crippen LogP contribution is 2.07. The van der Waals surface area contributed by atoms with Gasteiger partial charge in [0.2, 0.25) is 5.78 Å². The van der Waals surface area contributed by atoms with E-state index in [4.69, 9.17) is 0 Å². The maximum atomic E-state index is 11.1. The van der Waals surface area contributed by atoms with E-state index in [2.05, 4.69) is 4.74 Å². The molecule has 0 N–H and O–H groups in total. The van der Waals surface area contributed by atoms with Crippen LogP contribution < -0.4 is 0 Å². The minimum Gasteiger partial charge on any atom is -0.460 e. The van der Waals surface area contributed by atoms with Gasteiger partial charge in [0.1, 0.15) is 0 Å². The topological polar surface area (TPSA) is 43.4 Å². The molecule has 0 saturated heterocycles. The van der Waals surface area contributed by atoms with Crippen molar-refractivity contribution in [1.82, 2.24) is 0 Å². The molecule has 1 aliphatic heterocycles. The Morgan fingerprint density at radius 2 is 2.31 bits per heavy atom. The first-order valence-electron chi connectivity index (χ1n) is 4.14. The zero-order valence-electron chi connectivity index (χ0n) is 7.45. The highest BCUT2D eigenvalue weighted by molar-refractivity contribution is 6.54. The van der Waals surface area contributed by atoms with Gasteiger partial charge in [-0.3, -0.25) is 4.79 Å². The fourth-order valence-corrected chi connectivity index (χ4v) is 1.00. The monoisotopic (exact) mass is 177 g/mol. The van der Waals surface area contributed by atoms with Crippen molar-refractivity contribution < 1.29 is 14.3 Å². The maximum Gasteiger partial charge on any atom is 0.374 e. The summed E-state index contributed by atoms with van der Waals surface area (Å²) < 4.78 is 4.56. The van der Waals surface area contributed by atoms with Crippen LogP contribution in [0.3, 0.4) is 0 Å². The molecule has 1 heterocycles. The van der Waals surface area contributed by atoms with E-state index in [1.165, 1.54) is 0 Å². The molecule has 0 aliphatic carbocycles. The lowest BCUT2D eigenvalue weighted by Gasteiger charge is -2.00. The van der Waals surface area contributed by atoms with Gasteiger partial charge in [-0.15, -0.1) is 5.98 Å². The molecule has 0 saturated carbocycles. The molecule has 0 fully saturated rings. The van der Waals surface area contributed by atoms with E-state index < -0.39 is 11.8 Å². The normalized spacial score (nSPS) is 13.5. The summed E-state index contributed by atoms with van der Waals surface area (Å²) >= 11 is 0. The number of hydrogen-bond donors (Lipinski definition) is 0. The van der Waals surface area contributed by atoms with Crippen LogP contribution in [0.15, 0.2) is 23.6 Å². The number of allylic oxidation sites excluding steroid dienone is 3. The molecular formula is C9H10BO3. The molecule has 0 aromatic carbocycles. The van der Waals surface area contributed by atoms with Crippen LogP contribution in [-0.4, -0.2) is 25.6 Å². The molecule has 3 nitrogen and oxygen atoms in total. The minimum atomic E-state index is -0.747. The van der Waals surface area contributed by atoms with Crippen LogP contribution in [0.5, 0.6) is 0 Å². The van der Waals surface area contributed by atoms with Crippen molar-refractivity contribution in [3.63, 3.8) is 0 Å². The molecule has 4 heteroatoms. The zero-order valence-corrected chi connectivity index (χ0v) is 7.45. The first kappa shape index (κ1) is 9.77. The van der Waals surface area contributed by atoms with E-state index in [0.717, 1.165) is 5.47 Å². The molecule has 0 bridgehead atoms. The Hall–Kier alpha value is -1.32. The summed E-state index contributed by atoms with van der Waals surface area (Å²) in [6.45, 7) is 1.92. The second kappa shape index (κ2) is 4.65. The Labute approximate surface area is 77.7 Å². The first-order valence-corrected chi connectivity index (χ1v) is 4.14. The molecule has 1 aliphatic rings. The number of carbonyl (C=O) groups is 2. The van der Waals surface area contributed by atoms with Gasteiger partial charge in [-0.1, -0.05) is 17.6 Å². The van der Waals surface area contributed by atoms with Crippen molar-refractivity contribution in [3.8, 4) is 0 Å². The molecule has 0 aromatic rings. The zero-order chi connectivity index (χ0) is 9.68. The Balaban J connectivity index is 2.37. The molecular weight excluding hydrogens is 167 g/mol. The van der Waals surface area contributed by atoms with E-state index in [0.29, 0.717) is 0 Å². The van der Waals surface area contributed by atoms with Gasteiger partial charge in [0.05, 0.1) is 6.61 Å². The number of rotatable bonds is 4. The van der Waals surface area contributed by atoms with Crippen molar-refractivity contribution in [1.29, 1.82) is 0 Å². The minimum absolute atomic E-state index is 0.131. The number of ketones is 1. The van der Waals surface area contributed by atoms with E-state index in [1.807, 2.05) is 12.1 Å². The van der Waals surface area contributed by atoms with Crippen LogP contribution in [-0.2, 0) is 14.3 Å². The smallest absolute Gasteiger partial charge is 0.374 e. The summed E-state index contributed by atoms with van der Waals surface area (Å²) in [5.41, 5.74) is 0.845. The van der Waals surface area contributed by atoms with Gasteiger partial charge >= 0.3 is 5.97 Å². The lowest BCUT2D eigenvalue weighted by molar-refractivity contribution is -0.153. The summed E-state index contributed by atoms with van der Waals surface area (Å²) in [6, 6.07) is 0. The highest BCUT2D eigenvalue weighted by atomic mass is 16.5. The van der Waals surface area contributed by atoms with Crippen molar-refractivity contribution in [2.45, 2.75) is 13.3 Å². The summed E-state index contributed by atoms with van der Waals surface area (Å²) in [5.74, 6) is 0.588. The van der Waals surface area contributed by atoms with Gasteiger partial charge in [0.15, 0.2) is 7.28 Å². The van der Waals surface area contributed by atoms with Gasteiger partial charge in [-0.25, -0.2) is 4.79 Å². The SMILES string of the molecule is CCOC(=O)C(=O)CC1=CC=C[B]1. The molecule has 0 atom stereocenters. The Morgan fingerprint density at radius 1 is 1.54 bits per heavy atom. The molecule has 13 heavy (non-hydrogen) atoms. The molecule has 0 aromatic heterocycles. The third-order valence-corrected chi connectivity index (χ3v) is 1.60. The van der Waals surface area contributed by atoms with Crippen LogP contribution in [0.25, 0.3) is 0 Å². The highest BCUT2D eigenvalue weighted by Gasteiger charge is 2.16. The van der Waals surface area contributed by atoms with Gasteiger partial charge < -0.3 is 4.74 Å². The lowest BCUT2D eigenvalue weighted by Crippen LogP contribution is -2.18. The fraction of sp³-hybridized carbons (Fsp3) is 0.333. The molecule has 1 rings (SSSR count). The molecule has 67 valence electrons. The Kier molecular flexibility index (Phi) is 3.49. The van der Waals surface area contributed by atoms with Gasteiger partial charge in [-0.05, 0) is 6.92 Å². The van der Waals surface area contributed by atoms with Crippen LogP contribution in [0.4, 0.5) is 0 Å². The lowest BCUT2D eigenvalue weighted by atomic mass is 9.71. The predicted molar refractivity (Wildman–Crippen MR) is 49.2 cm³/mol. The number of Topliss-reactive ketones (excluding diaryl/α,β-unsaturated/α-hetero) is 1. The van der Waals surface area contributed by atoms with Crippen LogP contribution in [0.2, 0.25) is 0 Å². The van der Waals surface area contributed by atoms with E-state index in [-0.39, 0.29) is 13.0 Å². The number of esters is 1. The van der Waals surface area contributed by atoms with Gasteiger partial charge in [0.25, 0.3) is 0 Å². The number of ether oxygens (including phenoxy) is 1. The second-order valence-corrected chi connectivity index (χ2v) is 2.61. The number of carbonyl (C=O) groups excluding carboxylic acids is 2. The maximum absolute atomic E-state index is 11.1. The second-order valence-electron chi connectivity index (χ2n) is 2.61. The summed E-state index contributed by atoms with van der Waals surface area (Å²) in [4.78, 5) is 22.0. The largest absolute Gasteiger partial charge is 0.460 e. The average Bonchev–Trinajstić information content (AvgIpc) is 2.57. The van der Waals surface area contributed by atoms with E-state index >= 15 is 0 Å². The van der Waals surface area contributed by atoms with Crippen molar-refractivity contribution in [2.24, 2.45) is 0 Å². The van der Waals surface area contributed by atoms with Crippen LogP contribution in [0.1, 0.15) is 13.3 Å². The molecule has 0 amide bonds. The number of hydrogen-bond acceptors (Lipinski definition) is 3. The molecule has 1 radical (unpaired) electrons. The van der Waals surface area contributed by atoms with Gasteiger partial charge in [-0.2, -0.15) is 0 Å². The summed E-state index contributed by atoms with van der Waals surface area (Å²) in [7, 11) is 1.80. The van der Waals surface area contributed by atoms with Crippen molar-refractivity contribution in [3.05, 3.63) is 23.6 Å². The third-order valence-electron chi connectivity index (χ3n) is 1.60. The van der Waals surface area contributed by atoms with Crippen LogP contribution >= 0.6 is 0 Å².